The molecule has 21 heavy (non-hydrogen) atoms. The normalized spacial score (nSPS) is 10.3. The molecular formula is C15H24IN3O2. The van der Waals surface area contributed by atoms with Crippen LogP contribution >= 0.6 is 24.0 Å². The van der Waals surface area contributed by atoms with Crippen molar-refractivity contribution in [3.05, 3.63) is 36.9 Å². The van der Waals surface area contributed by atoms with Gasteiger partial charge in [-0.05, 0) is 31.2 Å². The third-order valence-corrected chi connectivity index (χ3v) is 2.45. The van der Waals surface area contributed by atoms with E-state index in [2.05, 4.69) is 22.2 Å². The molecule has 0 aliphatic heterocycles. The number of guanidine groups is 1. The Kier molecular flexibility index (Phi) is 11.5. The van der Waals surface area contributed by atoms with Crippen LogP contribution in [-0.4, -0.2) is 39.3 Å². The van der Waals surface area contributed by atoms with Crippen molar-refractivity contribution >= 4 is 29.9 Å². The molecule has 1 rings (SSSR count). The molecule has 0 saturated heterocycles. The Hall–Kier alpha value is -1.44. The molecule has 0 saturated carbocycles. The van der Waals surface area contributed by atoms with Crippen molar-refractivity contribution in [3.63, 3.8) is 0 Å². The molecule has 1 aromatic carbocycles. The van der Waals surface area contributed by atoms with Crippen LogP contribution in [0.1, 0.15) is 6.92 Å². The zero-order valence-corrected chi connectivity index (χ0v) is 14.9. The van der Waals surface area contributed by atoms with E-state index in [4.69, 9.17) is 9.47 Å². The standard InChI is InChI=1S/C15H23N3O2.HI/c1-4-10-17-15(16-5-2)18-11-12-20-14-8-6-13(19-3)7-9-14;/h4,6-9H,1,5,10-12H2,2-3H3,(H2,16,17,18);1H. The predicted octanol–water partition coefficient (Wildman–Crippen LogP) is 2.43. The van der Waals surface area contributed by atoms with Crippen molar-refractivity contribution in [2.75, 3.05) is 33.4 Å². The first-order valence-corrected chi connectivity index (χ1v) is 6.70. The smallest absolute Gasteiger partial charge is 0.191 e. The summed E-state index contributed by atoms with van der Waals surface area (Å²) < 4.78 is 10.7. The summed E-state index contributed by atoms with van der Waals surface area (Å²) in [6.45, 7) is 8.30. The lowest BCUT2D eigenvalue weighted by molar-refractivity contribution is 0.327. The van der Waals surface area contributed by atoms with Crippen molar-refractivity contribution in [3.8, 4) is 11.5 Å². The van der Waals surface area contributed by atoms with Gasteiger partial charge in [-0.3, -0.25) is 0 Å². The zero-order chi connectivity index (χ0) is 14.6. The number of nitrogens with one attached hydrogen (secondary N) is 2. The van der Waals surface area contributed by atoms with E-state index < -0.39 is 0 Å². The molecule has 0 aliphatic carbocycles. The third-order valence-electron chi connectivity index (χ3n) is 2.45. The van der Waals surface area contributed by atoms with Gasteiger partial charge in [0.05, 0.1) is 13.7 Å². The molecule has 2 N–H and O–H groups in total. The van der Waals surface area contributed by atoms with Gasteiger partial charge in [0.25, 0.3) is 0 Å². The van der Waals surface area contributed by atoms with Crippen LogP contribution in [0.15, 0.2) is 41.9 Å². The molecule has 118 valence electrons. The van der Waals surface area contributed by atoms with Crippen LogP contribution in [0.25, 0.3) is 0 Å². The number of aliphatic imine (C=N–C) groups is 1. The monoisotopic (exact) mass is 405 g/mol. The molecule has 0 unspecified atom stereocenters. The molecule has 0 aliphatic rings. The number of hydrogen-bond acceptors (Lipinski definition) is 3. The largest absolute Gasteiger partial charge is 0.497 e. The van der Waals surface area contributed by atoms with E-state index in [9.17, 15) is 0 Å². The fourth-order valence-corrected chi connectivity index (χ4v) is 1.50. The van der Waals surface area contributed by atoms with Crippen molar-refractivity contribution in [1.29, 1.82) is 0 Å². The molecular weight excluding hydrogens is 381 g/mol. The van der Waals surface area contributed by atoms with Gasteiger partial charge in [-0.1, -0.05) is 6.08 Å². The fraction of sp³-hybridized carbons (Fsp3) is 0.400. The van der Waals surface area contributed by atoms with Crippen LogP contribution in [0, 0.1) is 0 Å². The lowest BCUT2D eigenvalue weighted by Gasteiger charge is -2.10. The molecule has 1 aromatic rings. The number of rotatable bonds is 8. The Morgan fingerprint density at radius 1 is 1.24 bits per heavy atom. The quantitative estimate of drug-likeness (QED) is 0.229. The second-order valence-corrected chi connectivity index (χ2v) is 3.95. The zero-order valence-electron chi connectivity index (χ0n) is 12.6. The van der Waals surface area contributed by atoms with Crippen LogP contribution in [0.5, 0.6) is 11.5 Å². The van der Waals surface area contributed by atoms with Crippen LogP contribution in [0.2, 0.25) is 0 Å². The Morgan fingerprint density at radius 2 is 1.90 bits per heavy atom. The molecule has 5 nitrogen and oxygen atoms in total. The van der Waals surface area contributed by atoms with E-state index >= 15 is 0 Å². The molecule has 0 spiro atoms. The molecule has 0 bridgehead atoms. The van der Waals surface area contributed by atoms with Gasteiger partial charge in [-0.25, -0.2) is 4.99 Å². The van der Waals surface area contributed by atoms with Crippen molar-refractivity contribution in [2.24, 2.45) is 4.99 Å². The maximum Gasteiger partial charge on any atom is 0.191 e. The second kappa shape index (κ2) is 12.3. The van der Waals surface area contributed by atoms with E-state index in [1.807, 2.05) is 31.2 Å². The van der Waals surface area contributed by atoms with Crippen LogP contribution < -0.4 is 20.1 Å². The first kappa shape index (κ1) is 19.6. The van der Waals surface area contributed by atoms with Crippen LogP contribution in [-0.2, 0) is 0 Å². The molecule has 0 radical (unpaired) electrons. The number of halogens is 1. The van der Waals surface area contributed by atoms with Gasteiger partial charge in [0.1, 0.15) is 18.1 Å². The number of benzene rings is 1. The maximum absolute atomic E-state index is 5.60. The Bertz CT molecular complexity index is 421. The van der Waals surface area contributed by atoms with Crippen LogP contribution in [0.4, 0.5) is 0 Å². The fourth-order valence-electron chi connectivity index (χ4n) is 1.50. The summed E-state index contributed by atoms with van der Waals surface area (Å²) in [4.78, 5) is 4.40. The summed E-state index contributed by atoms with van der Waals surface area (Å²) in [5.41, 5.74) is 0. The minimum absolute atomic E-state index is 0. The van der Waals surface area contributed by atoms with Crippen molar-refractivity contribution in [1.82, 2.24) is 10.6 Å². The molecule has 0 aromatic heterocycles. The van der Waals surface area contributed by atoms with Gasteiger partial charge in [0.2, 0.25) is 0 Å². The highest BCUT2D eigenvalue weighted by Crippen LogP contribution is 2.16. The summed E-state index contributed by atoms with van der Waals surface area (Å²) >= 11 is 0. The van der Waals surface area contributed by atoms with E-state index in [1.54, 1.807) is 13.2 Å². The van der Waals surface area contributed by atoms with E-state index in [1.165, 1.54) is 0 Å². The summed E-state index contributed by atoms with van der Waals surface area (Å²) in [7, 11) is 1.64. The lowest BCUT2D eigenvalue weighted by atomic mass is 10.3. The van der Waals surface area contributed by atoms with E-state index in [0.717, 1.165) is 24.0 Å². The minimum Gasteiger partial charge on any atom is -0.497 e. The molecule has 6 heteroatoms. The highest BCUT2D eigenvalue weighted by molar-refractivity contribution is 14.0. The predicted molar refractivity (Wildman–Crippen MR) is 98.1 cm³/mol. The van der Waals surface area contributed by atoms with Gasteiger partial charge in [0.15, 0.2) is 5.96 Å². The van der Waals surface area contributed by atoms with Gasteiger partial charge < -0.3 is 20.1 Å². The Morgan fingerprint density at radius 3 is 2.48 bits per heavy atom. The maximum atomic E-state index is 5.60. The summed E-state index contributed by atoms with van der Waals surface area (Å²) in [6.07, 6.45) is 1.79. The highest BCUT2D eigenvalue weighted by Gasteiger charge is 1.96. The molecule has 0 amide bonds. The second-order valence-electron chi connectivity index (χ2n) is 3.95. The van der Waals surface area contributed by atoms with Crippen molar-refractivity contribution < 1.29 is 9.47 Å². The number of nitrogens with zero attached hydrogens (tertiary/aromatic N) is 1. The first-order valence-electron chi connectivity index (χ1n) is 6.70. The summed E-state index contributed by atoms with van der Waals surface area (Å²) in [5, 5.41) is 6.28. The summed E-state index contributed by atoms with van der Waals surface area (Å²) in [6, 6.07) is 7.50. The third kappa shape index (κ3) is 8.44. The van der Waals surface area contributed by atoms with E-state index in [-0.39, 0.29) is 24.0 Å². The van der Waals surface area contributed by atoms with Gasteiger partial charge in [-0.15, -0.1) is 30.6 Å². The number of ether oxygens (including phenoxy) is 2. The minimum atomic E-state index is 0. The number of hydrogen-bond donors (Lipinski definition) is 2. The Balaban J connectivity index is 0.00000400. The molecule has 0 heterocycles. The first-order chi connectivity index (χ1) is 9.80. The number of methoxy groups -OCH3 is 1. The van der Waals surface area contributed by atoms with E-state index in [0.29, 0.717) is 19.7 Å². The topological polar surface area (TPSA) is 54.9 Å². The highest BCUT2D eigenvalue weighted by atomic mass is 127. The molecule has 0 fully saturated rings. The average Bonchev–Trinajstić information content (AvgIpc) is 2.49. The molecule has 0 atom stereocenters. The average molecular weight is 405 g/mol. The summed E-state index contributed by atoms with van der Waals surface area (Å²) in [5.74, 6) is 2.40. The SMILES string of the molecule is C=CCNC(=NCCOc1ccc(OC)cc1)NCC.I. The Labute approximate surface area is 143 Å². The van der Waals surface area contributed by atoms with Crippen molar-refractivity contribution in [2.45, 2.75) is 6.92 Å². The van der Waals surface area contributed by atoms with Gasteiger partial charge in [0, 0.05) is 13.1 Å². The van der Waals surface area contributed by atoms with Gasteiger partial charge >= 0.3 is 0 Å². The van der Waals surface area contributed by atoms with Gasteiger partial charge in [-0.2, -0.15) is 0 Å². The lowest BCUT2D eigenvalue weighted by Crippen LogP contribution is -2.37. The van der Waals surface area contributed by atoms with Crippen LogP contribution in [0.3, 0.4) is 0 Å².